The molecule has 0 spiro atoms. The molecule has 2 aliphatic rings. The van der Waals surface area contributed by atoms with E-state index in [0.29, 0.717) is 18.9 Å². The van der Waals surface area contributed by atoms with Crippen molar-refractivity contribution >= 4 is 11.8 Å². The number of benzene rings is 1. The standard InChI is InChI=1S/C20H28N2O2/c1-21(19(23)14-16-8-3-2-4-9-16)15-18-12-5-6-13-22(18)20(24)17-10-7-11-17/h2-4,8-9,17-18H,5-7,10-15H2,1H3/t18-/m1/s1. The van der Waals surface area contributed by atoms with Crippen molar-refractivity contribution in [3.63, 3.8) is 0 Å². The summed E-state index contributed by atoms with van der Waals surface area (Å²) in [6.07, 6.45) is 6.97. The van der Waals surface area contributed by atoms with E-state index in [1.165, 1.54) is 6.42 Å². The molecule has 1 atom stereocenters. The zero-order valence-corrected chi connectivity index (χ0v) is 14.6. The molecule has 0 N–H and O–H groups in total. The average Bonchev–Trinajstić information content (AvgIpc) is 2.54. The van der Waals surface area contributed by atoms with E-state index in [0.717, 1.165) is 44.2 Å². The largest absolute Gasteiger partial charge is 0.343 e. The molecule has 1 heterocycles. The van der Waals surface area contributed by atoms with Gasteiger partial charge < -0.3 is 9.80 Å². The van der Waals surface area contributed by atoms with E-state index in [9.17, 15) is 9.59 Å². The van der Waals surface area contributed by atoms with Gasteiger partial charge in [-0.05, 0) is 37.7 Å². The highest BCUT2D eigenvalue weighted by molar-refractivity contribution is 5.80. The van der Waals surface area contributed by atoms with Gasteiger partial charge in [-0.25, -0.2) is 0 Å². The second-order valence-corrected chi connectivity index (χ2v) is 7.25. The van der Waals surface area contributed by atoms with Gasteiger partial charge in [0, 0.05) is 32.1 Å². The number of nitrogens with zero attached hydrogens (tertiary/aromatic N) is 2. The molecule has 24 heavy (non-hydrogen) atoms. The van der Waals surface area contributed by atoms with E-state index in [1.807, 2.05) is 42.3 Å². The van der Waals surface area contributed by atoms with Crippen molar-refractivity contribution in [1.29, 1.82) is 0 Å². The fraction of sp³-hybridized carbons (Fsp3) is 0.600. The molecule has 1 aliphatic heterocycles. The molecule has 0 bridgehead atoms. The van der Waals surface area contributed by atoms with Crippen LogP contribution in [0.25, 0.3) is 0 Å². The molecule has 130 valence electrons. The maximum Gasteiger partial charge on any atom is 0.226 e. The lowest BCUT2D eigenvalue weighted by Crippen LogP contribution is -2.52. The first kappa shape index (κ1) is 17.0. The first-order valence-corrected chi connectivity index (χ1v) is 9.23. The fourth-order valence-electron chi connectivity index (χ4n) is 3.69. The Balaban J connectivity index is 1.57. The minimum absolute atomic E-state index is 0.128. The molecule has 4 nitrogen and oxygen atoms in total. The number of hydrogen-bond acceptors (Lipinski definition) is 2. The summed E-state index contributed by atoms with van der Waals surface area (Å²) in [5.74, 6) is 0.702. The molecule has 0 aromatic heterocycles. The number of hydrogen-bond donors (Lipinski definition) is 0. The van der Waals surface area contributed by atoms with E-state index >= 15 is 0 Å². The molecule has 1 saturated heterocycles. The van der Waals surface area contributed by atoms with Crippen LogP contribution in [0.15, 0.2) is 30.3 Å². The summed E-state index contributed by atoms with van der Waals surface area (Å²) in [4.78, 5) is 29.0. The van der Waals surface area contributed by atoms with Crippen molar-refractivity contribution in [1.82, 2.24) is 9.80 Å². The van der Waals surface area contributed by atoms with E-state index < -0.39 is 0 Å². The Bertz CT molecular complexity index is 568. The van der Waals surface area contributed by atoms with Crippen LogP contribution in [0.5, 0.6) is 0 Å². The molecule has 0 radical (unpaired) electrons. The normalized spacial score (nSPS) is 21.2. The molecule has 2 fully saturated rings. The van der Waals surface area contributed by atoms with E-state index in [2.05, 4.69) is 4.90 Å². The van der Waals surface area contributed by atoms with Gasteiger partial charge in [-0.1, -0.05) is 36.8 Å². The molecule has 3 rings (SSSR count). The van der Waals surface area contributed by atoms with Crippen LogP contribution in [-0.4, -0.2) is 47.8 Å². The Kier molecular flexibility index (Phi) is 5.54. The number of carbonyl (C=O) groups excluding carboxylic acids is 2. The molecule has 2 amide bonds. The first-order chi connectivity index (χ1) is 11.6. The molecule has 0 unspecified atom stereocenters. The maximum absolute atomic E-state index is 12.7. The Morgan fingerprint density at radius 2 is 1.83 bits per heavy atom. The number of piperidine rings is 1. The lowest BCUT2D eigenvalue weighted by Gasteiger charge is -2.41. The summed E-state index contributed by atoms with van der Waals surface area (Å²) >= 11 is 0. The Morgan fingerprint density at radius 3 is 2.50 bits per heavy atom. The zero-order chi connectivity index (χ0) is 16.9. The van der Waals surface area contributed by atoms with Gasteiger partial charge in [-0.15, -0.1) is 0 Å². The highest BCUT2D eigenvalue weighted by atomic mass is 16.2. The maximum atomic E-state index is 12.7. The third-order valence-corrected chi connectivity index (χ3v) is 5.47. The average molecular weight is 328 g/mol. The monoisotopic (exact) mass is 328 g/mol. The van der Waals surface area contributed by atoms with Crippen LogP contribution in [0.1, 0.15) is 44.1 Å². The molecule has 1 saturated carbocycles. The second-order valence-electron chi connectivity index (χ2n) is 7.25. The smallest absolute Gasteiger partial charge is 0.226 e. The van der Waals surface area contributed by atoms with Crippen LogP contribution < -0.4 is 0 Å². The lowest BCUT2D eigenvalue weighted by atomic mass is 9.83. The molecule has 1 aromatic carbocycles. The van der Waals surface area contributed by atoms with Gasteiger partial charge in [0.15, 0.2) is 0 Å². The fourth-order valence-corrected chi connectivity index (χ4v) is 3.69. The van der Waals surface area contributed by atoms with Gasteiger partial charge in [-0.2, -0.15) is 0 Å². The van der Waals surface area contributed by atoms with Gasteiger partial charge >= 0.3 is 0 Å². The Hall–Kier alpha value is -1.84. The summed E-state index contributed by atoms with van der Waals surface area (Å²) in [6.45, 7) is 1.52. The third-order valence-electron chi connectivity index (χ3n) is 5.47. The predicted molar refractivity (Wildman–Crippen MR) is 94.5 cm³/mol. The van der Waals surface area contributed by atoms with Crippen molar-refractivity contribution in [3.05, 3.63) is 35.9 Å². The second kappa shape index (κ2) is 7.82. The summed E-state index contributed by atoms with van der Waals surface area (Å²) < 4.78 is 0. The number of likely N-dealkylation sites (N-methyl/N-ethyl adjacent to an activating group) is 1. The number of carbonyl (C=O) groups is 2. The Labute approximate surface area is 144 Å². The van der Waals surface area contributed by atoms with Crippen molar-refractivity contribution in [2.24, 2.45) is 5.92 Å². The van der Waals surface area contributed by atoms with Crippen LogP contribution in [0.3, 0.4) is 0 Å². The molecular weight excluding hydrogens is 300 g/mol. The minimum Gasteiger partial charge on any atom is -0.343 e. The highest BCUT2D eigenvalue weighted by Gasteiger charge is 2.35. The predicted octanol–water partition coefficient (Wildman–Crippen LogP) is 2.87. The quantitative estimate of drug-likeness (QED) is 0.834. The van der Waals surface area contributed by atoms with Crippen LogP contribution in [0.2, 0.25) is 0 Å². The minimum atomic E-state index is 0.128. The van der Waals surface area contributed by atoms with Crippen LogP contribution in [0, 0.1) is 5.92 Å². The zero-order valence-electron chi connectivity index (χ0n) is 14.6. The SMILES string of the molecule is CN(C[C@H]1CCCCN1C(=O)C1CCC1)C(=O)Cc1ccccc1. The van der Waals surface area contributed by atoms with Gasteiger partial charge in [0.25, 0.3) is 0 Å². The number of rotatable bonds is 5. The van der Waals surface area contributed by atoms with Crippen molar-refractivity contribution in [2.45, 2.75) is 51.0 Å². The summed E-state index contributed by atoms with van der Waals surface area (Å²) in [5, 5.41) is 0. The topological polar surface area (TPSA) is 40.6 Å². The van der Waals surface area contributed by atoms with Gasteiger partial charge in [0.05, 0.1) is 6.42 Å². The molecular formula is C20H28N2O2. The van der Waals surface area contributed by atoms with Crippen LogP contribution in [-0.2, 0) is 16.0 Å². The van der Waals surface area contributed by atoms with Gasteiger partial charge in [0.1, 0.15) is 0 Å². The van der Waals surface area contributed by atoms with Gasteiger partial charge in [0.2, 0.25) is 11.8 Å². The summed E-state index contributed by atoms with van der Waals surface area (Å²) in [7, 11) is 1.87. The van der Waals surface area contributed by atoms with Crippen LogP contribution >= 0.6 is 0 Å². The van der Waals surface area contributed by atoms with E-state index in [4.69, 9.17) is 0 Å². The number of likely N-dealkylation sites (tertiary alicyclic amines) is 1. The highest BCUT2D eigenvalue weighted by Crippen LogP contribution is 2.31. The van der Waals surface area contributed by atoms with Crippen molar-refractivity contribution < 1.29 is 9.59 Å². The first-order valence-electron chi connectivity index (χ1n) is 9.23. The summed E-state index contributed by atoms with van der Waals surface area (Å²) in [5.41, 5.74) is 1.04. The molecule has 4 heteroatoms. The van der Waals surface area contributed by atoms with Crippen LogP contribution in [0.4, 0.5) is 0 Å². The van der Waals surface area contributed by atoms with E-state index in [-0.39, 0.29) is 17.9 Å². The Morgan fingerprint density at radius 1 is 1.08 bits per heavy atom. The number of amides is 2. The molecule has 1 aliphatic carbocycles. The van der Waals surface area contributed by atoms with Crippen molar-refractivity contribution in [2.75, 3.05) is 20.1 Å². The third kappa shape index (κ3) is 3.97. The summed E-state index contributed by atoms with van der Waals surface area (Å²) in [6, 6.07) is 10.0. The van der Waals surface area contributed by atoms with Gasteiger partial charge in [-0.3, -0.25) is 9.59 Å². The lowest BCUT2D eigenvalue weighted by molar-refractivity contribution is -0.144. The van der Waals surface area contributed by atoms with E-state index in [1.54, 1.807) is 0 Å². The van der Waals surface area contributed by atoms with Crippen molar-refractivity contribution in [3.8, 4) is 0 Å². The molecule has 1 aromatic rings.